The number of likely N-dealkylation sites (tertiary alicyclic amines) is 1. The second-order valence-corrected chi connectivity index (χ2v) is 4.53. The molecule has 3 heteroatoms. The first kappa shape index (κ1) is 10.4. The van der Waals surface area contributed by atoms with Crippen LogP contribution in [0.25, 0.3) is 0 Å². The highest BCUT2D eigenvalue weighted by atomic mass is 15.2. The molecule has 2 aromatic heterocycles. The Morgan fingerprint density at radius 2 is 2.12 bits per heavy atom. The molecule has 1 saturated heterocycles. The lowest BCUT2D eigenvalue weighted by atomic mass is 9.82. The lowest BCUT2D eigenvalue weighted by molar-refractivity contribution is 0.0883. The van der Waals surface area contributed by atoms with Gasteiger partial charge in [-0.05, 0) is 30.8 Å². The summed E-state index contributed by atoms with van der Waals surface area (Å²) in [7, 11) is 2.15. The van der Waals surface area contributed by atoms with Crippen LogP contribution in [0.2, 0.25) is 0 Å². The first-order valence-electron chi connectivity index (χ1n) is 5.87. The molecule has 2 unspecified atom stereocenters. The fourth-order valence-electron chi connectivity index (χ4n) is 2.58. The summed E-state index contributed by atoms with van der Waals surface area (Å²) in [6.07, 6.45) is 5.64. The molecule has 1 aliphatic rings. The zero-order valence-electron chi connectivity index (χ0n) is 9.82. The maximum Gasteiger partial charge on any atom is 0.0466 e. The van der Waals surface area contributed by atoms with Crippen LogP contribution < -0.4 is 0 Å². The molecule has 0 bridgehead atoms. The van der Waals surface area contributed by atoms with Crippen LogP contribution in [0.15, 0.2) is 48.9 Å². The van der Waals surface area contributed by atoms with Crippen LogP contribution in [-0.4, -0.2) is 28.5 Å². The Balaban J connectivity index is 1.89. The van der Waals surface area contributed by atoms with Gasteiger partial charge < -0.3 is 0 Å². The summed E-state index contributed by atoms with van der Waals surface area (Å²) in [4.78, 5) is 11.0. The molecule has 1 aliphatic heterocycles. The van der Waals surface area contributed by atoms with Crippen LogP contribution >= 0.6 is 0 Å². The van der Waals surface area contributed by atoms with Crippen LogP contribution in [0.1, 0.15) is 23.2 Å². The summed E-state index contributed by atoms with van der Waals surface area (Å²) < 4.78 is 0. The molecule has 0 saturated carbocycles. The number of aromatic nitrogens is 2. The van der Waals surface area contributed by atoms with E-state index in [2.05, 4.69) is 40.1 Å². The van der Waals surface area contributed by atoms with Crippen molar-refractivity contribution in [3.63, 3.8) is 0 Å². The van der Waals surface area contributed by atoms with Gasteiger partial charge in [-0.3, -0.25) is 14.9 Å². The van der Waals surface area contributed by atoms with Crippen LogP contribution in [-0.2, 0) is 0 Å². The van der Waals surface area contributed by atoms with Gasteiger partial charge in [0.05, 0.1) is 0 Å². The normalized spacial score (nSPS) is 24.3. The number of hydrogen-bond acceptors (Lipinski definition) is 3. The van der Waals surface area contributed by atoms with Crippen LogP contribution in [0.3, 0.4) is 0 Å². The molecular weight excluding hydrogens is 210 g/mol. The zero-order valence-corrected chi connectivity index (χ0v) is 9.82. The second-order valence-electron chi connectivity index (χ2n) is 4.53. The van der Waals surface area contributed by atoms with E-state index in [0.717, 1.165) is 6.54 Å². The second kappa shape index (κ2) is 4.26. The van der Waals surface area contributed by atoms with Gasteiger partial charge in [0, 0.05) is 42.8 Å². The molecule has 0 aliphatic carbocycles. The summed E-state index contributed by atoms with van der Waals surface area (Å²) in [5, 5.41) is 0. The molecule has 0 spiro atoms. The Morgan fingerprint density at radius 1 is 1.18 bits per heavy atom. The van der Waals surface area contributed by atoms with E-state index in [1.807, 2.05) is 30.7 Å². The quantitative estimate of drug-likeness (QED) is 0.785. The van der Waals surface area contributed by atoms with E-state index < -0.39 is 0 Å². The van der Waals surface area contributed by atoms with E-state index in [0.29, 0.717) is 12.0 Å². The smallest absolute Gasteiger partial charge is 0.0466 e. The fraction of sp³-hybridized carbons (Fsp3) is 0.286. The molecule has 86 valence electrons. The van der Waals surface area contributed by atoms with Crippen molar-refractivity contribution in [1.29, 1.82) is 0 Å². The van der Waals surface area contributed by atoms with Crippen molar-refractivity contribution in [2.75, 3.05) is 13.6 Å². The van der Waals surface area contributed by atoms with E-state index in [1.54, 1.807) is 0 Å². The highest BCUT2D eigenvalue weighted by Crippen LogP contribution is 2.42. The molecular formula is C14H15N3. The van der Waals surface area contributed by atoms with Crippen LogP contribution in [0, 0.1) is 0 Å². The highest BCUT2D eigenvalue weighted by Gasteiger charge is 2.39. The molecule has 0 amide bonds. The van der Waals surface area contributed by atoms with Gasteiger partial charge in [-0.25, -0.2) is 0 Å². The molecule has 3 rings (SSSR count). The van der Waals surface area contributed by atoms with Gasteiger partial charge in [-0.1, -0.05) is 12.1 Å². The molecule has 2 aromatic rings. The van der Waals surface area contributed by atoms with Gasteiger partial charge in [0.15, 0.2) is 0 Å². The van der Waals surface area contributed by atoms with Crippen molar-refractivity contribution in [1.82, 2.24) is 14.9 Å². The van der Waals surface area contributed by atoms with E-state index in [4.69, 9.17) is 0 Å². The number of hydrogen-bond donors (Lipinski definition) is 0. The van der Waals surface area contributed by atoms with Crippen LogP contribution in [0.5, 0.6) is 0 Å². The molecule has 0 N–H and O–H groups in total. The lowest BCUT2D eigenvalue weighted by Gasteiger charge is -2.45. The summed E-state index contributed by atoms with van der Waals surface area (Å²) in [6.45, 7) is 1.07. The Morgan fingerprint density at radius 3 is 2.76 bits per heavy atom. The topological polar surface area (TPSA) is 29.0 Å². The van der Waals surface area contributed by atoms with Crippen LogP contribution in [0.4, 0.5) is 0 Å². The predicted octanol–water partition coefficient (Wildman–Crippen LogP) is 2.25. The Labute approximate surface area is 101 Å². The third-order valence-electron chi connectivity index (χ3n) is 3.43. The van der Waals surface area contributed by atoms with Crippen molar-refractivity contribution in [3.8, 4) is 0 Å². The lowest BCUT2D eigenvalue weighted by Crippen LogP contribution is -2.45. The third kappa shape index (κ3) is 1.83. The molecule has 3 heterocycles. The molecule has 0 radical (unpaired) electrons. The highest BCUT2D eigenvalue weighted by molar-refractivity contribution is 5.26. The molecule has 3 nitrogen and oxygen atoms in total. The fourth-order valence-corrected chi connectivity index (χ4v) is 2.58. The van der Waals surface area contributed by atoms with Crippen molar-refractivity contribution < 1.29 is 0 Å². The number of rotatable bonds is 2. The zero-order chi connectivity index (χ0) is 11.7. The minimum Gasteiger partial charge on any atom is -0.298 e. The van der Waals surface area contributed by atoms with Gasteiger partial charge in [0.2, 0.25) is 0 Å². The maximum absolute atomic E-state index is 4.46. The maximum atomic E-state index is 4.46. The van der Waals surface area contributed by atoms with E-state index in [9.17, 15) is 0 Å². The number of pyridine rings is 2. The van der Waals surface area contributed by atoms with Crippen molar-refractivity contribution >= 4 is 0 Å². The molecule has 17 heavy (non-hydrogen) atoms. The Kier molecular flexibility index (Phi) is 2.61. The average Bonchev–Trinajstić information content (AvgIpc) is 2.38. The van der Waals surface area contributed by atoms with Gasteiger partial charge in [0.25, 0.3) is 0 Å². The molecule has 0 aromatic carbocycles. The van der Waals surface area contributed by atoms with Crippen molar-refractivity contribution in [2.45, 2.75) is 12.0 Å². The number of nitrogens with zero attached hydrogens (tertiary/aromatic N) is 3. The predicted molar refractivity (Wildman–Crippen MR) is 66.6 cm³/mol. The monoisotopic (exact) mass is 225 g/mol. The molecule has 2 atom stereocenters. The average molecular weight is 225 g/mol. The first-order valence-corrected chi connectivity index (χ1v) is 5.87. The number of likely N-dealkylation sites (N-methyl/N-ethyl adjacent to an activating group) is 1. The Hall–Kier alpha value is -1.74. The van der Waals surface area contributed by atoms with E-state index >= 15 is 0 Å². The van der Waals surface area contributed by atoms with Gasteiger partial charge >= 0.3 is 0 Å². The standard InChI is InChI=1S/C14H15N3/c1-17-10-12(13-6-2-3-8-16-13)14(17)11-5-4-7-15-9-11/h2-9,12,14H,10H2,1H3. The van der Waals surface area contributed by atoms with Gasteiger partial charge in [-0.15, -0.1) is 0 Å². The summed E-state index contributed by atoms with van der Waals surface area (Å²) in [5.74, 6) is 0.491. The summed E-state index contributed by atoms with van der Waals surface area (Å²) >= 11 is 0. The minimum atomic E-state index is 0.415. The van der Waals surface area contributed by atoms with E-state index in [-0.39, 0.29) is 0 Å². The summed E-state index contributed by atoms with van der Waals surface area (Å²) in [6, 6.07) is 10.7. The largest absolute Gasteiger partial charge is 0.298 e. The van der Waals surface area contributed by atoms with Crippen molar-refractivity contribution in [3.05, 3.63) is 60.2 Å². The Bertz CT molecular complexity index is 483. The SMILES string of the molecule is CN1CC(c2ccccn2)C1c1cccnc1. The van der Waals surface area contributed by atoms with Gasteiger partial charge in [0.1, 0.15) is 0 Å². The van der Waals surface area contributed by atoms with Gasteiger partial charge in [-0.2, -0.15) is 0 Å². The summed E-state index contributed by atoms with van der Waals surface area (Å²) in [5.41, 5.74) is 2.45. The first-order chi connectivity index (χ1) is 8.36. The van der Waals surface area contributed by atoms with Crippen molar-refractivity contribution in [2.24, 2.45) is 0 Å². The van der Waals surface area contributed by atoms with E-state index in [1.165, 1.54) is 11.3 Å². The minimum absolute atomic E-state index is 0.415. The molecule has 1 fully saturated rings. The third-order valence-corrected chi connectivity index (χ3v) is 3.43.